The van der Waals surface area contributed by atoms with Crippen molar-refractivity contribution in [3.05, 3.63) is 29.3 Å². The van der Waals surface area contributed by atoms with Crippen molar-refractivity contribution in [3.63, 3.8) is 0 Å². The summed E-state index contributed by atoms with van der Waals surface area (Å²) in [6.45, 7) is 2.56. The van der Waals surface area contributed by atoms with E-state index in [0.29, 0.717) is 0 Å². The van der Waals surface area contributed by atoms with Gasteiger partial charge in [-0.15, -0.1) is 0 Å². The molecule has 0 radical (unpaired) electrons. The molecule has 1 aromatic rings. The van der Waals surface area contributed by atoms with E-state index in [0.717, 1.165) is 12.1 Å². The van der Waals surface area contributed by atoms with Gasteiger partial charge < -0.3 is 15.4 Å². The molecule has 0 saturated heterocycles. The average Bonchev–Trinajstić information content (AvgIpc) is 2.38. The quantitative estimate of drug-likeness (QED) is 0.802. The summed E-state index contributed by atoms with van der Waals surface area (Å²) >= 11 is 0. The Balaban J connectivity index is 2.79. The van der Waals surface area contributed by atoms with Crippen LogP contribution in [0.1, 0.15) is 12.5 Å². The van der Waals surface area contributed by atoms with Gasteiger partial charge in [-0.25, -0.2) is 13.6 Å². The van der Waals surface area contributed by atoms with E-state index in [9.17, 15) is 18.4 Å². The highest BCUT2D eigenvalue weighted by Gasteiger charge is 2.20. The molecule has 20 heavy (non-hydrogen) atoms. The number of methoxy groups -OCH3 is 1. The number of esters is 1. The fraction of sp³-hybridized carbons (Fsp3) is 0.385. The number of nitrogens with one attached hydrogen (secondary N) is 2. The highest BCUT2D eigenvalue weighted by molar-refractivity contribution is 5.83. The third-order valence-corrected chi connectivity index (χ3v) is 2.61. The summed E-state index contributed by atoms with van der Waals surface area (Å²) in [5.74, 6) is -2.32. The van der Waals surface area contributed by atoms with Crippen molar-refractivity contribution >= 4 is 17.6 Å². The van der Waals surface area contributed by atoms with E-state index >= 15 is 0 Å². The minimum absolute atomic E-state index is 0.0904. The van der Waals surface area contributed by atoms with E-state index in [1.165, 1.54) is 21.0 Å². The van der Waals surface area contributed by atoms with Gasteiger partial charge >= 0.3 is 5.97 Å². The molecule has 0 spiro atoms. The monoisotopic (exact) mass is 286 g/mol. The molecule has 2 N–H and O–H groups in total. The molecule has 1 rings (SSSR count). The first-order valence-corrected chi connectivity index (χ1v) is 5.89. The second-order valence-corrected chi connectivity index (χ2v) is 4.24. The van der Waals surface area contributed by atoms with Gasteiger partial charge in [0.05, 0.1) is 12.8 Å². The van der Waals surface area contributed by atoms with E-state index in [1.54, 1.807) is 0 Å². The van der Waals surface area contributed by atoms with Crippen molar-refractivity contribution in [1.29, 1.82) is 0 Å². The summed E-state index contributed by atoms with van der Waals surface area (Å²) in [4.78, 5) is 22.4. The number of ether oxygens (including phenoxy) is 1. The summed E-state index contributed by atoms with van der Waals surface area (Å²) in [5.41, 5.74) is 0.0896. The Bertz CT molecular complexity index is 521. The molecular formula is C13H16F2N2O3. The molecule has 1 atom stereocenters. The minimum Gasteiger partial charge on any atom is -0.467 e. The van der Waals surface area contributed by atoms with Crippen LogP contribution in [0.25, 0.3) is 0 Å². The topological polar surface area (TPSA) is 67.4 Å². The first-order valence-electron chi connectivity index (χ1n) is 5.89. The van der Waals surface area contributed by atoms with Crippen LogP contribution in [0.4, 0.5) is 14.5 Å². The summed E-state index contributed by atoms with van der Waals surface area (Å²) in [7, 11) is 1.17. The molecule has 0 fully saturated rings. The van der Waals surface area contributed by atoms with Gasteiger partial charge in [0, 0.05) is 19.5 Å². The standard InChI is InChI=1S/C13H16F2N2O3/c1-7-4-10(15)11(5-9(7)14)16-6-12(13(19)20-3)17-8(2)18/h4-5,12,16H,6H2,1-3H3,(H,17,18). The van der Waals surface area contributed by atoms with Crippen molar-refractivity contribution in [2.24, 2.45) is 0 Å². The number of carbonyl (C=O) groups is 2. The summed E-state index contributed by atoms with van der Waals surface area (Å²) < 4.78 is 31.5. The SMILES string of the molecule is COC(=O)C(CNc1cc(F)c(C)cc1F)NC(C)=O. The van der Waals surface area contributed by atoms with Crippen molar-refractivity contribution in [2.75, 3.05) is 19.0 Å². The molecule has 1 unspecified atom stereocenters. The van der Waals surface area contributed by atoms with Crippen molar-refractivity contribution in [3.8, 4) is 0 Å². The third kappa shape index (κ3) is 4.18. The van der Waals surface area contributed by atoms with Crippen LogP contribution >= 0.6 is 0 Å². The van der Waals surface area contributed by atoms with Crippen molar-refractivity contribution in [1.82, 2.24) is 5.32 Å². The van der Waals surface area contributed by atoms with Gasteiger partial charge in [-0.2, -0.15) is 0 Å². The molecule has 1 aromatic carbocycles. The van der Waals surface area contributed by atoms with Gasteiger partial charge in [-0.3, -0.25) is 4.79 Å². The van der Waals surface area contributed by atoms with Gasteiger partial charge in [-0.1, -0.05) is 0 Å². The summed E-state index contributed by atoms with van der Waals surface area (Å²) in [6, 6.07) is 1.05. The smallest absolute Gasteiger partial charge is 0.330 e. The molecule has 110 valence electrons. The van der Waals surface area contributed by atoms with E-state index in [2.05, 4.69) is 15.4 Å². The molecule has 1 amide bonds. The maximum Gasteiger partial charge on any atom is 0.330 e. The Kier molecular flexibility index (Phi) is 5.42. The molecule has 7 heteroatoms. The van der Waals surface area contributed by atoms with Gasteiger partial charge in [0.1, 0.15) is 17.7 Å². The second kappa shape index (κ2) is 6.83. The predicted octanol–water partition coefficient (Wildman–Crippen LogP) is 1.36. The fourth-order valence-electron chi connectivity index (χ4n) is 1.57. The Hall–Kier alpha value is -2.18. The fourth-order valence-corrected chi connectivity index (χ4v) is 1.57. The van der Waals surface area contributed by atoms with Crippen LogP contribution < -0.4 is 10.6 Å². The molecule has 0 aliphatic carbocycles. The van der Waals surface area contributed by atoms with Crippen LogP contribution in [0.5, 0.6) is 0 Å². The van der Waals surface area contributed by atoms with Crippen molar-refractivity contribution in [2.45, 2.75) is 19.9 Å². The van der Waals surface area contributed by atoms with Gasteiger partial charge in [-0.05, 0) is 18.6 Å². The van der Waals surface area contributed by atoms with E-state index < -0.39 is 29.6 Å². The highest BCUT2D eigenvalue weighted by atomic mass is 19.1. The zero-order valence-electron chi connectivity index (χ0n) is 11.4. The summed E-state index contributed by atoms with van der Waals surface area (Å²) in [5, 5.41) is 4.93. The number of halogens is 2. The normalized spacial score (nSPS) is 11.7. The lowest BCUT2D eigenvalue weighted by Gasteiger charge is -2.17. The van der Waals surface area contributed by atoms with E-state index in [-0.39, 0.29) is 17.8 Å². The number of anilines is 1. The van der Waals surface area contributed by atoms with Crippen LogP contribution in [0.2, 0.25) is 0 Å². The maximum atomic E-state index is 13.6. The predicted molar refractivity (Wildman–Crippen MR) is 69.2 cm³/mol. The molecule has 0 bridgehead atoms. The Morgan fingerprint density at radius 3 is 2.50 bits per heavy atom. The number of hydrogen-bond donors (Lipinski definition) is 2. The number of aryl methyl sites for hydroxylation is 1. The number of carbonyl (C=O) groups excluding carboxylic acids is 2. The van der Waals surface area contributed by atoms with Crippen LogP contribution in [-0.2, 0) is 14.3 Å². The van der Waals surface area contributed by atoms with E-state index in [1.807, 2.05) is 0 Å². The lowest BCUT2D eigenvalue weighted by molar-refractivity contribution is -0.144. The Labute approximate surface area is 115 Å². The van der Waals surface area contributed by atoms with Gasteiger partial charge in [0.25, 0.3) is 0 Å². The lowest BCUT2D eigenvalue weighted by Crippen LogP contribution is -2.45. The minimum atomic E-state index is -0.985. The summed E-state index contributed by atoms with van der Waals surface area (Å²) in [6.07, 6.45) is 0. The molecule has 5 nitrogen and oxygen atoms in total. The first-order chi connectivity index (χ1) is 9.35. The number of amides is 1. The van der Waals surface area contributed by atoms with Crippen LogP contribution in [-0.4, -0.2) is 31.6 Å². The largest absolute Gasteiger partial charge is 0.467 e. The molecule has 0 aliphatic heterocycles. The second-order valence-electron chi connectivity index (χ2n) is 4.24. The molecular weight excluding hydrogens is 270 g/mol. The number of rotatable bonds is 5. The van der Waals surface area contributed by atoms with Crippen molar-refractivity contribution < 1.29 is 23.1 Å². The highest BCUT2D eigenvalue weighted by Crippen LogP contribution is 2.18. The van der Waals surface area contributed by atoms with Crippen LogP contribution in [0.3, 0.4) is 0 Å². The maximum absolute atomic E-state index is 13.6. The van der Waals surface area contributed by atoms with Gasteiger partial charge in [0.2, 0.25) is 5.91 Å². The Morgan fingerprint density at radius 1 is 1.30 bits per heavy atom. The van der Waals surface area contributed by atoms with E-state index in [4.69, 9.17) is 0 Å². The molecule has 0 aliphatic rings. The molecule has 0 aromatic heterocycles. The average molecular weight is 286 g/mol. The molecule has 0 saturated carbocycles. The van der Waals surface area contributed by atoms with Crippen LogP contribution in [0, 0.1) is 18.6 Å². The van der Waals surface area contributed by atoms with Gasteiger partial charge in [0.15, 0.2) is 0 Å². The number of benzene rings is 1. The Morgan fingerprint density at radius 2 is 1.95 bits per heavy atom. The number of hydrogen-bond acceptors (Lipinski definition) is 4. The zero-order valence-corrected chi connectivity index (χ0v) is 11.4. The first kappa shape index (κ1) is 15.9. The third-order valence-electron chi connectivity index (χ3n) is 2.61. The van der Waals surface area contributed by atoms with Crippen LogP contribution in [0.15, 0.2) is 12.1 Å². The zero-order chi connectivity index (χ0) is 15.3. The molecule has 0 heterocycles. The lowest BCUT2D eigenvalue weighted by atomic mass is 10.2.